The van der Waals surface area contributed by atoms with Gasteiger partial charge in [-0.25, -0.2) is 4.39 Å². The van der Waals surface area contributed by atoms with Crippen molar-refractivity contribution in [3.05, 3.63) is 35.1 Å². The van der Waals surface area contributed by atoms with Crippen molar-refractivity contribution in [3.63, 3.8) is 0 Å². The van der Waals surface area contributed by atoms with Crippen LogP contribution in [0, 0.1) is 18.7 Å². The number of Topliss-reactive ketones (excluding diaryl/α,β-unsaturated/α-hetero) is 1. The Bertz CT molecular complexity index is 376. The highest BCUT2D eigenvalue weighted by Crippen LogP contribution is 2.14. The van der Waals surface area contributed by atoms with E-state index < -0.39 is 0 Å². The zero-order chi connectivity index (χ0) is 12.1. The van der Waals surface area contributed by atoms with Gasteiger partial charge in [-0.05, 0) is 37.2 Å². The zero-order valence-electron chi connectivity index (χ0n) is 10.0. The van der Waals surface area contributed by atoms with Crippen LogP contribution >= 0.6 is 0 Å². The molecule has 0 aliphatic rings. The Labute approximate surface area is 95.9 Å². The molecule has 0 heterocycles. The van der Waals surface area contributed by atoms with E-state index in [1.54, 1.807) is 13.0 Å². The predicted octanol–water partition coefficient (Wildman–Crippen LogP) is 2.56. The molecule has 0 fully saturated rings. The molecule has 0 amide bonds. The summed E-state index contributed by atoms with van der Waals surface area (Å²) in [6.07, 6.45) is 0. The fourth-order valence-electron chi connectivity index (χ4n) is 1.62. The van der Waals surface area contributed by atoms with Crippen LogP contribution in [0.2, 0.25) is 0 Å². The van der Waals surface area contributed by atoms with Gasteiger partial charge < -0.3 is 5.32 Å². The zero-order valence-corrected chi connectivity index (χ0v) is 10.0. The SMILES string of the molecule is CCNCC(C)C(=O)c1ccc(F)cc1C. The maximum Gasteiger partial charge on any atom is 0.167 e. The molecule has 0 aliphatic heterocycles. The van der Waals surface area contributed by atoms with Gasteiger partial charge in [0, 0.05) is 18.0 Å². The number of carbonyl (C=O) groups excluding carboxylic acids is 1. The van der Waals surface area contributed by atoms with E-state index >= 15 is 0 Å². The van der Waals surface area contributed by atoms with Crippen molar-refractivity contribution < 1.29 is 9.18 Å². The molecule has 1 N–H and O–H groups in total. The maximum absolute atomic E-state index is 12.9. The van der Waals surface area contributed by atoms with E-state index in [2.05, 4.69) is 5.32 Å². The van der Waals surface area contributed by atoms with E-state index in [4.69, 9.17) is 0 Å². The van der Waals surface area contributed by atoms with Crippen LogP contribution in [0.25, 0.3) is 0 Å². The summed E-state index contributed by atoms with van der Waals surface area (Å²) in [5.41, 5.74) is 1.32. The van der Waals surface area contributed by atoms with Crippen LogP contribution in [0.3, 0.4) is 0 Å². The first-order valence-corrected chi connectivity index (χ1v) is 5.57. The van der Waals surface area contributed by atoms with E-state index in [-0.39, 0.29) is 17.5 Å². The van der Waals surface area contributed by atoms with Crippen LogP contribution in [0.15, 0.2) is 18.2 Å². The number of hydrogen-bond donors (Lipinski definition) is 1. The third-order valence-electron chi connectivity index (χ3n) is 2.60. The molecular formula is C13H18FNO. The molecule has 2 nitrogen and oxygen atoms in total. The van der Waals surface area contributed by atoms with Crippen molar-refractivity contribution in [3.8, 4) is 0 Å². The molecule has 0 saturated carbocycles. The number of hydrogen-bond acceptors (Lipinski definition) is 2. The molecular weight excluding hydrogens is 205 g/mol. The highest BCUT2D eigenvalue weighted by Gasteiger charge is 2.16. The smallest absolute Gasteiger partial charge is 0.167 e. The molecule has 1 rings (SSSR count). The molecule has 1 atom stereocenters. The predicted molar refractivity (Wildman–Crippen MR) is 63.2 cm³/mol. The number of carbonyl (C=O) groups is 1. The number of halogens is 1. The van der Waals surface area contributed by atoms with Gasteiger partial charge in [0.05, 0.1) is 0 Å². The molecule has 0 aliphatic carbocycles. The maximum atomic E-state index is 12.9. The minimum Gasteiger partial charge on any atom is -0.316 e. The highest BCUT2D eigenvalue weighted by molar-refractivity contribution is 5.99. The first-order valence-electron chi connectivity index (χ1n) is 5.57. The lowest BCUT2D eigenvalue weighted by Gasteiger charge is -2.12. The van der Waals surface area contributed by atoms with Gasteiger partial charge in [0.1, 0.15) is 5.82 Å². The normalized spacial score (nSPS) is 12.5. The number of nitrogens with one attached hydrogen (secondary N) is 1. The van der Waals surface area contributed by atoms with E-state index in [0.29, 0.717) is 17.7 Å². The van der Waals surface area contributed by atoms with Gasteiger partial charge in [0.2, 0.25) is 0 Å². The van der Waals surface area contributed by atoms with E-state index in [9.17, 15) is 9.18 Å². The summed E-state index contributed by atoms with van der Waals surface area (Å²) in [4.78, 5) is 12.0. The fourth-order valence-corrected chi connectivity index (χ4v) is 1.62. The summed E-state index contributed by atoms with van der Waals surface area (Å²) >= 11 is 0. The van der Waals surface area contributed by atoms with Gasteiger partial charge in [-0.2, -0.15) is 0 Å². The second-order valence-electron chi connectivity index (χ2n) is 4.03. The molecule has 3 heteroatoms. The Morgan fingerprint density at radius 1 is 1.50 bits per heavy atom. The average Bonchev–Trinajstić information content (AvgIpc) is 2.25. The van der Waals surface area contributed by atoms with E-state index in [1.807, 2.05) is 13.8 Å². The van der Waals surface area contributed by atoms with Crippen molar-refractivity contribution in [2.75, 3.05) is 13.1 Å². The molecule has 0 spiro atoms. The standard InChI is InChI=1S/C13H18FNO/c1-4-15-8-10(3)13(16)12-6-5-11(14)7-9(12)2/h5-7,10,15H,4,8H2,1-3H3. The Hall–Kier alpha value is -1.22. The molecule has 1 aromatic carbocycles. The van der Waals surface area contributed by atoms with Crippen LogP contribution in [0.5, 0.6) is 0 Å². The molecule has 0 aromatic heterocycles. The Kier molecular flexibility index (Phi) is 4.62. The number of rotatable bonds is 5. The van der Waals surface area contributed by atoms with Crippen molar-refractivity contribution in [1.29, 1.82) is 0 Å². The third-order valence-corrected chi connectivity index (χ3v) is 2.60. The summed E-state index contributed by atoms with van der Waals surface area (Å²) < 4.78 is 12.9. The summed E-state index contributed by atoms with van der Waals surface area (Å²) in [5.74, 6) is -0.309. The van der Waals surface area contributed by atoms with Crippen molar-refractivity contribution in [1.82, 2.24) is 5.32 Å². The molecule has 16 heavy (non-hydrogen) atoms. The lowest BCUT2D eigenvalue weighted by molar-refractivity contribution is 0.0928. The molecule has 0 bridgehead atoms. The Morgan fingerprint density at radius 3 is 2.75 bits per heavy atom. The van der Waals surface area contributed by atoms with E-state index in [1.165, 1.54) is 12.1 Å². The lowest BCUT2D eigenvalue weighted by atomic mass is 9.96. The third kappa shape index (κ3) is 3.14. The lowest BCUT2D eigenvalue weighted by Crippen LogP contribution is -2.26. The second-order valence-corrected chi connectivity index (χ2v) is 4.03. The number of benzene rings is 1. The summed E-state index contributed by atoms with van der Waals surface area (Å²) in [7, 11) is 0. The van der Waals surface area contributed by atoms with Crippen molar-refractivity contribution in [2.24, 2.45) is 5.92 Å². The van der Waals surface area contributed by atoms with Crippen LogP contribution < -0.4 is 5.32 Å². The van der Waals surface area contributed by atoms with Crippen LogP contribution in [0.1, 0.15) is 29.8 Å². The van der Waals surface area contributed by atoms with Gasteiger partial charge in [-0.1, -0.05) is 13.8 Å². The number of ketones is 1. The fraction of sp³-hybridized carbons (Fsp3) is 0.462. The van der Waals surface area contributed by atoms with Gasteiger partial charge in [-0.15, -0.1) is 0 Å². The van der Waals surface area contributed by atoms with Gasteiger partial charge >= 0.3 is 0 Å². The van der Waals surface area contributed by atoms with Crippen molar-refractivity contribution >= 4 is 5.78 Å². The average molecular weight is 223 g/mol. The summed E-state index contributed by atoms with van der Waals surface area (Å²) in [5, 5.41) is 3.13. The van der Waals surface area contributed by atoms with Gasteiger partial charge in [-0.3, -0.25) is 4.79 Å². The molecule has 1 aromatic rings. The summed E-state index contributed by atoms with van der Waals surface area (Å²) in [6, 6.07) is 4.29. The number of aryl methyl sites for hydroxylation is 1. The highest BCUT2D eigenvalue weighted by atomic mass is 19.1. The quantitative estimate of drug-likeness (QED) is 0.777. The van der Waals surface area contributed by atoms with Gasteiger partial charge in [0.25, 0.3) is 0 Å². The Balaban J connectivity index is 2.79. The largest absolute Gasteiger partial charge is 0.316 e. The van der Waals surface area contributed by atoms with Crippen LogP contribution in [0.4, 0.5) is 4.39 Å². The van der Waals surface area contributed by atoms with Gasteiger partial charge in [0.15, 0.2) is 5.78 Å². The van der Waals surface area contributed by atoms with Crippen LogP contribution in [-0.2, 0) is 0 Å². The topological polar surface area (TPSA) is 29.1 Å². The molecule has 88 valence electrons. The second kappa shape index (κ2) is 5.75. The molecule has 0 radical (unpaired) electrons. The first kappa shape index (κ1) is 12.8. The molecule has 1 unspecified atom stereocenters. The minimum absolute atomic E-state index is 0.0680. The minimum atomic E-state index is -0.298. The Morgan fingerprint density at radius 2 is 2.19 bits per heavy atom. The summed E-state index contributed by atoms with van der Waals surface area (Å²) in [6.45, 7) is 7.15. The molecule has 0 saturated heterocycles. The van der Waals surface area contributed by atoms with E-state index in [0.717, 1.165) is 6.54 Å². The first-order chi connectivity index (χ1) is 7.56. The monoisotopic (exact) mass is 223 g/mol. The van der Waals surface area contributed by atoms with Crippen LogP contribution in [-0.4, -0.2) is 18.9 Å². The van der Waals surface area contributed by atoms with Crippen molar-refractivity contribution in [2.45, 2.75) is 20.8 Å².